The SMILES string of the molecule is CC(C)(C)C(=O)Oc1c[nH]c2ccc(Br)cc12. The van der Waals surface area contributed by atoms with Crippen molar-refractivity contribution in [3.63, 3.8) is 0 Å². The van der Waals surface area contributed by atoms with Gasteiger partial charge in [0.15, 0.2) is 5.75 Å². The number of ether oxygens (including phenoxy) is 1. The molecule has 3 nitrogen and oxygen atoms in total. The number of esters is 1. The molecule has 0 fully saturated rings. The lowest BCUT2D eigenvalue weighted by Crippen LogP contribution is -2.25. The first kappa shape index (κ1) is 12.2. The number of benzene rings is 1. The maximum Gasteiger partial charge on any atom is 0.316 e. The van der Waals surface area contributed by atoms with Gasteiger partial charge in [0.25, 0.3) is 0 Å². The summed E-state index contributed by atoms with van der Waals surface area (Å²) < 4.78 is 6.35. The molecule has 4 heteroatoms. The van der Waals surface area contributed by atoms with Crippen LogP contribution in [0.4, 0.5) is 0 Å². The minimum Gasteiger partial charge on any atom is -0.424 e. The number of H-pyrrole nitrogens is 1. The summed E-state index contributed by atoms with van der Waals surface area (Å²) in [6.07, 6.45) is 1.71. The van der Waals surface area contributed by atoms with E-state index in [-0.39, 0.29) is 5.97 Å². The van der Waals surface area contributed by atoms with Crippen LogP contribution in [0.5, 0.6) is 5.75 Å². The van der Waals surface area contributed by atoms with E-state index in [1.807, 2.05) is 39.0 Å². The molecule has 0 aliphatic carbocycles. The lowest BCUT2D eigenvalue weighted by Gasteiger charge is -2.15. The van der Waals surface area contributed by atoms with Crippen LogP contribution in [0.1, 0.15) is 20.8 Å². The predicted octanol–water partition coefficient (Wildman–Crippen LogP) is 3.88. The molecule has 0 unspecified atom stereocenters. The van der Waals surface area contributed by atoms with Crippen molar-refractivity contribution in [3.05, 3.63) is 28.9 Å². The summed E-state index contributed by atoms with van der Waals surface area (Å²) in [5, 5.41) is 0.900. The van der Waals surface area contributed by atoms with Crippen molar-refractivity contribution in [2.45, 2.75) is 20.8 Å². The van der Waals surface area contributed by atoms with Crippen LogP contribution in [0.15, 0.2) is 28.9 Å². The summed E-state index contributed by atoms with van der Waals surface area (Å²) in [4.78, 5) is 14.9. The smallest absolute Gasteiger partial charge is 0.316 e. The van der Waals surface area contributed by atoms with Gasteiger partial charge in [-0.2, -0.15) is 0 Å². The molecule has 0 radical (unpaired) electrons. The number of carbonyl (C=O) groups is 1. The third kappa shape index (κ3) is 2.52. The van der Waals surface area contributed by atoms with Gasteiger partial charge in [-0.25, -0.2) is 0 Å². The van der Waals surface area contributed by atoms with E-state index >= 15 is 0 Å². The maximum atomic E-state index is 11.8. The molecule has 1 N–H and O–H groups in total. The number of carbonyl (C=O) groups excluding carboxylic acids is 1. The number of rotatable bonds is 1. The summed E-state index contributed by atoms with van der Waals surface area (Å²) in [5.41, 5.74) is 0.445. The van der Waals surface area contributed by atoms with Gasteiger partial charge in [0.2, 0.25) is 0 Å². The quantitative estimate of drug-likeness (QED) is 0.811. The van der Waals surface area contributed by atoms with Gasteiger partial charge in [-0.1, -0.05) is 15.9 Å². The Morgan fingerprint density at radius 2 is 2.06 bits per heavy atom. The number of aromatic nitrogens is 1. The van der Waals surface area contributed by atoms with Gasteiger partial charge < -0.3 is 9.72 Å². The second-order valence-corrected chi connectivity index (χ2v) is 5.90. The highest BCUT2D eigenvalue weighted by molar-refractivity contribution is 9.10. The molecule has 2 aromatic rings. The average Bonchev–Trinajstić information content (AvgIpc) is 2.60. The lowest BCUT2D eigenvalue weighted by molar-refractivity contribution is -0.142. The summed E-state index contributed by atoms with van der Waals surface area (Å²) in [6, 6.07) is 5.80. The molecule has 0 atom stereocenters. The van der Waals surface area contributed by atoms with Crippen molar-refractivity contribution in [1.29, 1.82) is 0 Å². The van der Waals surface area contributed by atoms with Crippen LogP contribution in [-0.4, -0.2) is 11.0 Å². The largest absolute Gasteiger partial charge is 0.424 e. The van der Waals surface area contributed by atoms with Crippen LogP contribution in [-0.2, 0) is 4.79 Å². The molecule has 17 heavy (non-hydrogen) atoms. The molecule has 0 amide bonds. The zero-order valence-electron chi connectivity index (χ0n) is 10.0. The molecule has 0 bridgehead atoms. The highest BCUT2D eigenvalue weighted by Crippen LogP contribution is 2.29. The van der Waals surface area contributed by atoms with Gasteiger partial charge in [0, 0.05) is 21.6 Å². The lowest BCUT2D eigenvalue weighted by atomic mass is 9.97. The fourth-order valence-corrected chi connectivity index (χ4v) is 1.77. The third-order valence-electron chi connectivity index (χ3n) is 2.42. The van der Waals surface area contributed by atoms with E-state index in [2.05, 4.69) is 20.9 Å². The normalized spacial score (nSPS) is 11.8. The van der Waals surface area contributed by atoms with E-state index in [4.69, 9.17) is 4.74 Å². The molecule has 1 aromatic carbocycles. The van der Waals surface area contributed by atoms with Gasteiger partial charge in [-0.15, -0.1) is 0 Å². The van der Waals surface area contributed by atoms with E-state index in [1.165, 1.54) is 0 Å². The average molecular weight is 296 g/mol. The number of hydrogen-bond donors (Lipinski definition) is 1. The monoisotopic (exact) mass is 295 g/mol. The summed E-state index contributed by atoms with van der Waals surface area (Å²) in [6.45, 7) is 5.50. The molecule has 2 rings (SSSR count). The minimum atomic E-state index is -0.504. The summed E-state index contributed by atoms with van der Waals surface area (Å²) >= 11 is 3.40. The maximum absolute atomic E-state index is 11.8. The number of fused-ring (bicyclic) bond motifs is 1. The molecule has 0 aliphatic rings. The summed E-state index contributed by atoms with van der Waals surface area (Å²) in [7, 11) is 0. The Labute approximate surface area is 108 Å². The first-order valence-corrected chi connectivity index (χ1v) is 6.16. The zero-order valence-corrected chi connectivity index (χ0v) is 11.6. The second kappa shape index (κ2) is 4.18. The van der Waals surface area contributed by atoms with Gasteiger partial charge in [-0.05, 0) is 39.0 Å². The molecular formula is C13H14BrNO2. The molecule has 90 valence electrons. The standard InChI is InChI=1S/C13H14BrNO2/c1-13(2,3)12(16)17-11-7-15-10-5-4-8(14)6-9(10)11/h4-7,15H,1-3H3. The molecule has 1 heterocycles. The van der Waals surface area contributed by atoms with Gasteiger partial charge in [-0.3, -0.25) is 4.79 Å². The van der Waals surface area contributed by atoms with Crippen molar-refractivity contribution in [2.75, 3.05) is 0 Å². The molecule has 0 aliphatic heterocycles. The Hall–Kier alpha value is -1.29. The van der Waals surface area contributed by atoms with E-state index in [1.54, 1.807) is 6.20 Å². The van der Waals surface area contributed by atoms with Crippen LogP contribution in [0.3, 0.4) is 0 Å². The number of aromatic amines is 1. The summed E-state index contributed by atoms with van der Waals surface area (Å²) in [5.74, 6) is 0.333. The highest BCUT2D eigenvalue weighted by Gasteiger charge is 2.24. The second-order valence-electron chi connectivity index (χ2n) is 4.98. The van der Waals surface area contributed by atoms with Crippen molar-refractivity contribution in [2.24, 2.45) is 5.41 Å². The minimum absolute atomic E-state index is 0.238. The Morgan fingerprint density at radius 1 is 1.35 bits per heavy atom. The molecule has 0 saturated carbocycles. The Kier molecular flexibility index (Phi) is 3.00. The van der Waals surface area contributed by atoms with Crippen LogP contribution in [0.2, 0.25) is 0 Å². The number of halogens is 1. The van der Waals surface area contributed by atoms with Crippen LogP contribution < -0.4 is 4.74 Å². The predicted molar refractivity (Wildman–Crippen MR) is 71.1 cm³/mol. The Balaban J connectivity index is 2.37. The van der Waals surface area contributed by atoms with Gasteiger partial charge in [0.1, 0.15) is 0 Å². The van der Waals surface area contributed by atoms with Crippen LogP contribution in [0.25, 0.3) is 10.9 Å². The molecule has 0 spiro atoms. The van der Waals surface area contributed by atoms with Crippen molar-refractivity contribution < 1.29 is 9.53 Å². The van der Waals surface area contributed by atoms with Crippen molar-refractivity contribution in [3.8, 4) is 5.75 Å². The molecule has 0 saturated heterocycles. The third-order valence-corrected chi connectivity index (χ3v) is 2.91. The van der Waals surface area contributed by atoms with Crippen molar-refractivity contribution in [1.82, 2.24) is 4.98 Å². The van der Waals surface area contributed by atoms with Crippen molar-refractivity contribution >= 4 is 32.8 Å². The molecular weight excluding hydrogens is 282 g/mol. The first-order valence-electron chi connectivity index (χ1n) is 5.37. The van der Waals surface area contributed by atoms with E-state index < -0.39 is 5.41 Å². The highest BCUT2D eigenvalue weighted by atomic mass is 79.9. The zero-order chi connectivity index (χ0) is 12.6. The van der Waals surface area contributed by atoms with E-state index in [0.29, 0.717) is 5.75 Å². The topological polar surface area (TPSA) is 42.1 Å². The number of nitrogens with one attached hydrogen (secondary N) is 1. The van der Waals surface area contributed by atoms with E-state index in [0.717, 1.165) is 15.4 Å². The first-order chi connectivity index (χ1) is 7.88. The Morgan fingerprint density at radius 3 is 2.71 bits per heavy atom. The van der Waals surface area contributed by atoms with Crippen LogP contribution in [0, 0.1) is 5.41 Å². The fourth-order valence-electron chi connectivity index (χ4n) is 1.40. The van der Waals surface area contributed by atoms with Gasteiger partial charge >= 0.3 is 5.97 Å². The Bertz CT molecular complexity index is 566. The van der Waals surface area contributed by atoms with Gasteiger partial charge in [0.05, 0.1) is 5.41 Å². The molecule has 1 aromatic heterocycles. The fraction of sp³-hybridized carbons (Fsp3) is 0.308. The van der Waals surface area contributed by atoms with Crippen LogP contribution >= 0.6 is 15.9 Å². The number of hydrogen-bond acceptors (Lipinski definition) is 2. The van der Waals surface area contributed by atoms with E-state index in [9.17, 15) is 4.79 Å².